The number of rotatable bonds is 3. The Hall–Kier alpha value is -2.12. The van der Waals surface area contributed by atoms with E-state index in [1.807, 2.05) is 19.1 Å². The van der Waals surface area contributed by atoms with E-state index in [-0.39, 0.29) is 0 Å². The molecule has 0 aromatic carbocycles. The van der Waals surface area contributed by atoms with Gasteiger partial charge in [0.05, 0.1) is 16.1 Å². The number of nitrogens with zero attached hydrogens (tertiary/aromatic N) is 3. The number of carbonyl (C=O) groups is 1. The Morgan fingerprint density at radius 1 is 1.40 bits per heavy atom. The monoisotopic (exact) mass is 302 g/mol. The molecule has 0 fully saturated rings. The van der Waals surface area contributed by atoms with Crippen LogP contribution in [0.1, 0.15) is 15.4 Å². The van der Waals surface area contributed by atoms with Gasteiger partial charge in [-0.1, -0.05) is 0 Å². The number of aryl methyl sites for hydroxylation is 1. The van der Waals surface area contributed by atoms with Crippen LogP contribution >= 0.6 is 22.7 Å². The van der Waals surface area contributed by atoms with Crippen LogP contribution in [-0.2, 0) is 0 Å². The first kappa shape index (κ1) is 12.9. The van der Waals surface area contributed by atoms with Gasteiger partial charge in [-0.2, -0.15) is 0 Å². The van der Waals surface area contributed by atoms with Crippen molar-refractivity contribution >= 4 is 28.6 Å². The number of amides is 1. The topological polar surface area (TPSA) is 81.8 Å². The maximum absolute atomic E-state index is 11.6. The Kier molecular flexibility index (Phi) is 3.29. The molecule has 20 heavy (non-hydrogen) atoms. The van der Waals surface area contributed by atoms with Gasteiger partial charge in [0.15, 0.2) is 0 Å². The number of carbonyl (C=O) groups excluding carboxylic acids is 1. The Morgan fingerprint density at radius 2 is 2.25 bits per heavy atom. The van der Waals surface area contributed by atoms with Crippen molar-refractivity contribution in [2.45, 2.75) is 6.92 Å². The van der Waals surface area contributed by atoms with Crippen molar-refractivity contribution in [2.24, 2.45) is 5.73 Å². The maximum atomic E-state index is 11.6. The van der Waals surface area contributed by atoms with E-state index in [1.54, 1.807) is 17.9 Å². The molecular formula is C13H10N4OS2. The quantitative estimate of drug-likeness (QED) is 0.806. The van der Waals surface area contributed by atoms with Gasteiger partial charge in [0, 0.05) is 18.0 Å². The zero-order valence-electron chi connectivity index (χ0n) is 10.5. The molecule has 0 atom stereocenters. The molecule has 0 saturated carbocycles. The zero-order valence-corrected chi connectivity index (χ0v) is 12.2. The second kappa shape index (κ2) is 5.10. The molecule has 0 aliphatic rings. The Balaban J connectivity index is 2.18. The summed E-state index contributed by atoms with van der Waals surface area (Å²) in [5.41, 5.74) is 9.53. The van der Waals surface area contributed by atoms with E-state index in [1.165, 1.54) is 22.7 Å². The average molecular weight is 302 g/mol. The Labute approximate surface area is 123 Å². The molecule has 0 radical (unpaired) electrons. The summed E-state index contributed by atoms with van der Waals surface area (Å²) in [5.74, 6) is -0.472. The summed E-state index contributed by atoms with van der Waals surface area (Å²) >= 11 is 2.73. The SMILES string of the molecule is Cc1ncsc1-c1nc(-c2cccnc2)sc1C(N)=O. The van der Waals surface area contributed by atoms with Crippen molar-refractivity contribution in [1.29, 1.82) is 0 Å². The largest absolute Gasteiger partial charge is 0.365 e. The van der Waals surface area contributed by atoms with Gasteiger partial charge in [-0.25, -0.2) is 9.97 Å². The summed E-state index contributed by atoms with van der Waals surface area (Å²) in [6, 6.07) is 3.73. The van der Waals surface area contributed by atoms with E-state index in [9.17, 15) is 4.79 Å². The maximum Gasteiger partial charge on any atom is 0.261 e. The van der Waals surface area contributed by atoms with Gasteiger partial charge >= 0.3 is 0 Å². The summed E-state index contributed by atoms with van der Waals surface area (Å²) in [7, 11) is 0. The van der Waals surface area contributed by atoms with Crippen molar-refractivity contribution in [3.05, 3.63) is 40.6 Å². The van der Waals surface area contributed by atoms with Crippen molar-refractivity contribution in [3.8, 4) is 21.1 Å². The first-order valence-corrected chi connectivity index (χ1v) is 7.48. The fraction of sp³-hybridized carbons (Fsp3) is 0.0769. The second-order valence-corrected chi connectivity index (χ2v) is 5.92. The molecule has 3 aromatic heterocycles. The summed E-state index contributed by atoms with van der Waals surface area (Å²) in [6.07, 6.45) is 3.41. The van der Waals surface area contributed by atoms with Crippen molar-refractivity contribution < 1.29 is 4.79 Å². The fourth-order valence-electron chi connectivity index (χ4n) is 1.78. The third-order valence-corrected chi connectivity index (χ3v) is 4.77. The molecule has 0 aliphatic carbocycles. The Bertz CT molecular complexity index is 764. The Morgan fingerprint density at radius 3 is 2.85 bits per heavy atom. The average Bonchev–Trinajstić information content (AvgIpc) is 3.05. The molecule has 100 valence electrons. The minimum absolute atomic E-state index is 0.455. The summed E-state index contributed by atoms with van der Waals surface area (Å²) in [6.45, 7) is 1.89. The number of primary amides is 1. The predicted octanol–water partition coefficient (Wildman–Crippen LogP) is 2.74. The molecule has 3 heterocycles. The van der Waals surface area contributed by atoms with Crippen LogP contribution in [0.15, 0.2) is 30.0 Å². The first-order valence-electron chi connectivity index (χ1n) is 5.78. The zero-order chi connectivity index (χ0) is 14.1. The summed E-state index contributed by atoms with van der Waals surface area (Å²) in [4.78, 5) is 25.8. The molecule has 3 rings (SSSR count). The van der Waals surface area contributed by atoms with Gasteiger partial charge in [0.25, 0.3) is 5.91 Å². The van der Waals surface area contributed by atoms with Crippen molar-refractivity contribution in [1.82, 2.24) is 15.0 Å². The van der Waals surface area contributed by atoms with Gasteiger partial charge < -0.3 is 5.73 Å². The number of aromatic nitrogens is 3. The molecule has 0 aliphatic heterocycles. The molecule has 0 spiro atoms. The standard InChI is InChI=1S/C13H10N4OS2/c1-7-10(19-6-16-7)9-11(12(14)18)20-13(17-9)8-3-2-4-15-5-8/h2-6H,1H3,(H2,14,18). The molecule has 1 amide bonds. The van der Waals surface area contributed by atoms with Gasteiger partial charge in [0.2, 0.25) is 0 Å². The lowest BCUT2D eigenvalue weighted by Gasteiger charge is -1.95. The lowest BCUT2D eigenvalue weighted by Crippen LogP contribution is -2.10. The van der Waals surface area contributed by atoms with E-state index in [4.69, 9.17) is 5.73 Å². The molecule has 0 saturated heterocycles. The predicted molar refractivity (Wildman–Crippen MR) is 79.7 cm³/mol. The molecule has 0 bridgehead atoms. The van der Waals surface area contributed by atoms with Crippen molar-refractivity contribution in [3.63, 3.8) is 0 Å². The van der Waals surface area contributed by atoms with Crippen LogP contribution < -0.4 is 5.73 Å². The summed E-state index contributed by atoms with van der Waals surface area (Å²) in [5, 5.41) is 0.731. The minimum Gasteiger partial charge on any atom is -0.365 e. The highest BCUT2D eigenvalue weighted by molar-refractivity contribution is 7.18. The fourth-order valence-corrected chi connectivity index (χ4v) is 3.56. The molecule has 0 unspecified atom stereocenters. The number of thiazole rings is 2. The molecule has 2 N–H and O–H groups in total. The second-order valence-electron chi connectivity index (χ2n) is 4.07. The van der Waals surface area contributed by atoms with Crippen molar-refractivity contribution in [2.75, 3.05) is 0 Å². The molecule has 5 nitrogen and oxygen atoms in total. The van der Waals surface area contributed by atoms with Crippen LogP contribution in [0, 0.1) is 6.92 Å². The smallest absolute Gasteiger partial charge is 0.261 e. The lowest BCUT2D eigenvalue weighted by molar-refractivity contribution is 0.100. The van der Waals surface area contributed by atoms with Gasteiger partial charge in [-0.15, -0.1) is 22.7 Å². The van der Waals surface area contributed by atoms with Crippen LogP contribution in [0.4, 0.5) is 0 Å². The first-order chi connectivity index (χ1) is 9.66. The number of hydrogen-bond acceptors (Lipinski definition) is 6. The highest BCUT2D eigenvalue weighted by Gasteiger charge is 2.20. The number of nitrogens with two attached hydrogens (primary N) is 1. The molecule has 7 heteroatoms. The minimum atomic E-state index is -0.472. The highest BCUT2D eigenvalue weighted by atomic mass is 32.1. The van der Waals surface area contributed by atoms with E-state index in [0.29, 0.717) is 10.6 Å². The molecule has 3 aromatic rings. The third-order valence-electron chi connectivity index (χ3n) is 2.72. The van der Waals surface area contributed by atoms with Crippen LogP contribution in [-0.4, -0.2) is 20.9 Å². The van der Waals surface area contributed by atoms with Crippen LogP contribution in [0.5, 0.6) is 0 Å². The van der Waals surface area contributed by atoms with E-state index in [2.05, 4.69) is 15.0 Å². The van der Waals surface area contributed by atoms with Crippen LogP contribution in [0.3, 0.4) is 0 Å². The number of pyridine rings is 1. The molecular weight excluding hydrogens is 292 g/mol. The van der Waals surface area contributed by atoms with Crippen LogP contribution in [0.25, 0.3) is 21.1 Å². The van der Waals surface area contributed by atoms with Gasteiger partial charge in [-0.05, 0) is 19.1 Å². The van der Waals surface area contributed by atoms with Crippen LogP contribution in [0.2, 0.25) is 0 Å². The van der Waals surface area contributed by atoms with Gasteiger partial charge in [-0.3, -0.25) is 9.78 Å². The summed E-state index contributed by atoms with van der Waals surface area (Å²) < 4.78 is 0. The lowest BCUT2D eigenvalue weighted by atomic mass is 10.2. The highest BCUT2D eigenvalue weighted by Crippen LogP contribution is 2.36. The van der Waals surface area contributed by atoms with E-state index < -0.39 is 5.91 Å². The van der Waals surface area contributed by atoms with Gasteiger partial charge in [0.1, 0.15) is 15.6 Å². The van der Waals surface area contributed by atoms with E-state index in [0.717, 1.165) is 21.1 Å². The normalized spacial score (nSPS) is 10.7. The van der Waals surface area contributed by atoms with E-state index >= 15 is 0 Å². The third kappa shape index (κ3) is 2.21. The number of hydrogen-bond donors (Lipinski definition) is 1.